The lowest BCUT2D eigenvalue weighted by molar-refractivity contribution is -0.115. The summed E-state index contributed by atoms with van der Waals surface area (Å²) in [5.74, 6) is -0.139. The second-order valence-electron chi connectivity index (χ2n) is 6.74. The number of hydrogen-bond acceptors (Lipinski definition) is 4. The smallest absolute Gasteiger partial charge is 0.254 e. The highest BCUT2D eigenvalue weighted by molar-refractivity contribution is 8.00. The molecule has 1 unspecified atom stereocenters. The van der Waals surface area contributed by atoms with Gasteiger partial charge in [-0.3, -0.25) is 9.59 Å². The Balaban J connectivity index is 1.63. The monoisotopic (exact) mass is 384 g/mol. The minimum Gasteiger partial charge on any atom is -0.388 e. The lowest BCUT2D eigenvalue weighted by Gasteiger charge is -2.34. The van der Waals surface area contributed by atoms with Gasteiger partial charge < -0.3 is 15.7 Å². The molecule has 0 spiro atoms. The van der Waals surface area contributed by atoms with Gasteiger partial charge in [-0.25, -0.2) is 0 Å². The quantitative estimate of drug-likeness (QED) is 0.750. The molecule has 1 heterocycles. The molecule has 0 aromatic heterocycles. The summed E-state index contributed by atoms with van der Waals surface area (Å²) in [5.41, 5.74) is 6.75. The third kappa shape index (κ3) is 4.90. The van der Waals surface area contributed by atoms with Crippen molar-refractivity contribution in [2.75, 3.05) is 18.8 Å². The van der Waals surface area contributed by atoms with Crippen LogP contribution in [0.25, 0.3) is 0 Å². The minimum atomic E-state index is -0.498. The molecule has 27 heavy (non-hydrogen) atoms. The van der Waals surface area contributed by atoms with Gasteiger partial charge in [0.2, 0.25) is 5.91 Å². The zero-order valence-electron chi connectivity index (χ0n) is 15.1. The fraction of sp³-hybridized carbons (Fsp3) is 0.333. The maximum Gasteiger partial charge on any atom is 0.254 e. The molecule has 3 rings (SSSR count). The molecule has 1 saturated heterocycles. The van der Waals surface area contributed by atoms with Gasteiger partial charge in [-0.1, -0.05) is 42.5 Å². The van der Waals surface area contributed by atoms with Crippen LogP contribution in [0.5, 0.6) is 0 Å². The largest absolute Gasteiger partial charge is 0.388 e. The zero-order valence-corrected chi connectivity index (χ0v) is 15.9. The van der Waals surface area contributed by atoms with Crippen molar-refractivity contribution >= 4 is 23.6 Å². The van der Waals surface area contributed by atoms with Crippen LogP contribution in [0.1, 0.15) is 34.9 Å². The van der Waals surface area contributed by atoms with E-state index >= 15 is 0 Å². The molecular weight excluding hydrogens is 360 g/mol. The van der Waals surface area contributed by atoms with Gasteiger partial charge >= 0.3 is 0 Å². The predicted octanol–water partition coefficient (Wildman–Crippen LogP) is 2.85. The Morgan fingerprint density at radius 2 is 1.70 bits per heavy atom. The van der Waals surface area contributed by atoms with Gasteiger partial charge in [0.15, 0.2) is 0 Å². The highest BCUT2D eigenvalue weighted by Crippen LogP contribution is 2.32. The van der Waals surface area contributed by atoms with E-state index in [1.54, 1.807) is 6.07 Å². The molecule has 1 aliphatic heterocycles. The molecule has 5 nitrogen and oxygen atoms in total. The van der Waals surface area contributed by atoms with Gasteiger partial charge in [0.05, 0.1) is 17.4 Å². The highest BCUT2D eigenvalue weighted by Gasteiger charge is 2.29. The maximum absolute atomic E-state index is 12.9. The number of carbonyl (C=O) groups excluding carboxylic acids is 2. The Bertz CT molecular complexity index is 789. The van der Waals surface area contributed by atoms with Crippen LogP contribution in [0.2, 0.25) is 0 Å². The van der Waals surface area contributed by atoms with E-state index in [1.165, 1.54) is 11.8 Å². The van der Waals surface area contributed by atoms with Crippen LogP contribution < -0.4 is 5.73 Å². The van der Waals surface area contributed by atoms with Crippen LogP contribution in [0.15, 0.2) is 59.5 Å². The number of nitrogens with zero attached hydrogens (tertiary/aromatic N) is 1. The van der Waals surface area contributed by atoms with Crippen molar-refractivity contribution in [3.8, 4) is 0 Å². The molecule has 0 saturated carbocycles. The van der Waals surface area contributed by atoms with Gasteiger partial charge in [0.1, 0.15) is 0 Å². The number of nitrogens with two attached hydrogens (primary N) is 1. The van der Waals surface area contributed by atoms with E-state index in [2.05, 4.69) is 0 Å². The van der Waals surface area contributed by atoms with Crippen LogP contribution >= 0.6 is 11.8 Å². The predicted molar refractivity (Wildman–Crippen MR) is 106 cm³/mol. The molecule has 0 aliphatic carbocycles. The molecular formula is C21H24N2O3S. The first kappa shape index (κ1) is 19.5. The zero-order chi connectivity index (χ0) is 19.2. The number of aliphatic hydroxyl groups is 1. The molecule has 2 aromatic rings. The number of thioether (sulfide) groups is 1. The average Bonchev–Trinajstić information content (AvgIpc) is 2.72. The fourth-order valence-corrected chi connectivity index (χ4v) is 4.21. The first-order valence-electron chi connectivity index (χ1n) is 9.08. The number of benzene rings is 2. The van der Waals surface area contributed by atoms with Crippen LogP contribution in [-0.2, 0) is 4.79 Å². The third-order valence-corrected chi connectivity index (χ3v) is 6.00. The standard InChI is InChI=1S/C21H24N2O3S/c22-19(24)14-27-18-9-5-4-8-17(18)21(26)23-12-10-16(11-13-23)20(25)15-6-2-1-3-7-15/h1-9,16,20,25H,10-14H2,(H2,22,24). The van der Waals surface area contributed by atoms with Crippen molar-refractivity contribution in [2.24, 2.45) is 11.7 Å². The summed E-state index contributed by atoms with van der Waals surface area (Å²) < 4.78 is 0. The Hall–Kier alpha value is -2.31. The number of hydrogen-bond donors (Lipinski definition) is 2. The van der Waals surface area contributed by atoms with E-state index in [4.69, 9.17) is 5.73 Å². The SMILES string of the molecule is NC(=O)CSc1ccccc1C(=O)N1CCC(C(O)c2ccccc2)CC1. The highest BCUT2D eigenvalue weighted by atomic mass is 32.2. The minimum absolute atomic E-state index is 0.0322. The van der Waals surface area contributed by atoms with Crippen LogP contribution in [0.3, 0.4) is 0 Å². The normalized spacial score (nSPS) is 16.1. The third-order valence-electron chi connectivity index (χ3n) is 4.90. The maximum atomic E-state index is 12.9. The van der Waals surface area contributed by atoms with Crippen molar-refractivity contribution in [3.63, 3.8) is 0 Å². The van der Waals surface area contributed by atoms with Crippen molar-refractivity contribution < 1.29 is 14.7 Å². The first-order chi connectivity index (χ1) is 13.1. The summed E-state index contributed by atoms with van der Waals surface area (Å²) in [6.45, 7) is 1.23. The Kier molecular flexibility index (Phi) is 6.53. The van der Waals surface area contributed by atoms with Gasteiger partial charge in [-0.05, 0) is 36.5 Å². The number of carbonyl (C=O) groups is 2. The summed E-state index contributed by atoms with van der Waals surface area (Å²) >= 11 is 1.29. The topological polar surface area (TPSA) is 83.6 Å². The number of piperidine rings is 1. The molecule has 142 valence electrons. The summed E-state index contributed by atoms with van der Waals surface area (Å²) in [4.78, 5) is 26.6. The second kappa shape index (κ2) is 9.06. The fourth-order valence-electron chi connectivity index (χ4n) is 3.43. The lowest BCUT2D eigenvalue weighted by Crippen LogP contribution is -2.40. The van der Waals surface area contributed by atoms with Crippen LogP contribution in [0.4, 0.5) is 0 Å². The summed E-state index contributed by atoms with van der Waals surface area (Å²) in [5, 5.41) is 10.6. The van der Waals surface area contributed by atoms with E-state index < -0.39 is 12.0 Å². The number of rotatable bonds is 6. The molecule has 1 aliphatic rings. The first-order valence-corrected chi connectivity index (χ1v) is 10.1. The van der Waals surface area contributed by atoms with E-state index in [0.717, 1.165) is 23.3 Å². The lowest BCUT2D eigenvalue weighted by atomic mass is 9.87. The summed E-state index contributed by atoms with van der Waals surface area (Å²) in [6.07, 6.45) is 1.03. The number of aliphatic hydroxyl groups excluding tert-OH is 1. The molecule has 3 N–H and O–H groups in total. The molecule has 0 radical (unpaired) electrons. The Morgan fingerprint density at radius 3 is 2.37 bits per heavy atom. The van der Waals surface area contributed by atoms with E-state index in [-0.39, 0.29) is 17.6 Å². The number of primary amides is 1. The number of likely N-dealkylation sites (tertiary alicyclic amines) is 1. The molecule has 2 aromatic carbocycles. The van der Waals surface area contributed by atoms with Crippen LogP contribution in [0, 0.1) is 5.92 Å². The van der Waals surface area contributed by atoms with Gasteiger partial charge in [-0.2, -0.15) is 0 Å². The molecule has 2 amide bonds. The average molecular weight is 385 g/mol. The molecule has 1 fully saturated rings. The van der Waals surface area contributed by atoms with E-state index in [0.29, 0.717) is 18.7 Å². The summed E-state index contributed by atoms with van der Waals surface area (Å²) in [7, 11) is 0. The van der Waals surface area contributed by atoms with Gasteiger partial charge in [0.25, 0.3) is 5.91 Å². The van der Waals surface area contributed by atoms with Crippen molar-refractivity contribution in [1.29, 1.82) is 0 Å². The van der Waals surface area contributed by atoms with E-state index in [9.17, 15) is 14.7 Å². The van der Waals surface area contributed by atoms with Crippen LogP contribution in [-0.4, -0.2) is 40.7 Å². The molecule has 0 bridgehead atoms. The second-order valence-corrected chi connectivity index (χ2v) is 7.75. The molecule has 6 heteroatoms. The van der Waals surface area contributed by atoms with Crippen molar-refractivity contribution in [3.05, 3.63) is 65.7 Å². The van der Waals surface area contributed by atoms with Gasteiger partial charge in [0, 0.05) is 18.0 Å². The van der Waals surface area contributed by atoms with Crippen molar-refractivity contribution in [1.82, 2.24) is 4.90 Å². The van der Waals surface area contributed by atoms with E-state index in [1.807, 2.05) is 53.4 Å². The van der Waals surface area contributed by atoms with Gasteiger partial charge in [-0.15, -0.1) is 11.8 Å². The summed E-state index contributed by atoms with van der Waals surface area (Å²) in [6, 6.07) is 17.0. The number of amides is 2. The Morgan fingerprint density at radius 1 is 1.07 bits per heavy atom. The van der Waals surface area contributed by atoms with Crippen molar-refractivity contribution in [2.45, 2.75) is 23.8 Å². The molecule has 1 atom stereocenters. The Labute approximate surface area is 163 Å².